The molecular weight excluding hydrogens is 334 g/mol. The fraction of sp³-hybridized carbons (Fsp3) is 0.263. The average Bonchev–Trinajstić information content (AvgIpc) is 3.34. The molecule has 2 unspecified atom stereocenters. The summed E-state index contributed by atoms with van der Waals surface area (Å²) in [7, 11) is 0. The highest BCUT2D eigenvalue weighted by molar-refractivity contribution is 5.35. The third-order valence-corrected chi connectivity index (χ3v) is 4.20. The second-order valence-corrected chi connectivity index (χ2v) is 6.03. The van der Waals surface area contributed by atoms with Crippen LogP contribution in [0.1, 0.15) is 11.4 Å². The summed E-state index contributed by atoms with van der Waals surface area (Å²) in [5, 5.41) is 16.1. The van der Waals surface area contributed by atoms with Crippen molar-refractivity contribution < 1.29 is 19.3 Å². The number of aromatic nitrogens is 3. The normalized spacial score (nSPS) is 22.4. The summed E-state index contributed by atoms with van der Waals surface area (Å²) in [4.78, 5) is 4.16. The smallest absolute Gasteiger partial charge is 0.202 e. The van der Waals surface area contributed by atoms with E-state index in [2.05, 4.69) is 15.2 Å². The Labute approximate surface area is 150 Å². The molecule has 2 atom stereocenters. The summed E-state index contributed by atoms with van der Waals surface area (Å²) in [5.74, 6) is 1.11. The zero-order valence-electron chi connectivity index (χ0n) is 14.0. The molecule has 1 saturated heterocycles. The first-order valence-electron chi connectivity index (χ1n) is 8.38. The molecule has 2 aromatic carbocycles. The average molecular weight is 353 g/mol. The van der Waals surface area contributed by atoms with Gasteiger partial charge in [-0.2, -0.15) is 5.10 Å². The lowest BCUT2D eigenvalue weighted by molar-refractivity contribution is -0.180. The van der Waals surface area contributed by atoms with Crippen LogP contribution in [0.4, 0.5) is 0 Å². The van der Waals surface area contributed by atoms with Crippen LogP contribution >= 0.6 is 0 Å². The second kappa shape index (κ2) is 7.25. The number of benzene rings is 2. The maximum Gasteiger partial charge on any atom is 0.202 e. The van der Waals surface area contributed by atoms with Crippen LogP contribution in [0.5, 0.6) is 11.5 Å². The van der Waals surface area contributed by atoms with Gasteiger partial charge >= 0.3 is 0 Å². The van der Waals surface area contributed by atoms with E-state index in [1.807, 2.05) is 54.6 Å². The van der Waals surface area contributed by atoms with Gasteiger partial charge in [-0.15, -0.1) is 0 Å². The molecule has 7 nitrogen and oxygen atoms in total. The number of hydrogen-bond acceptors (Lipinski definition) is 6. The molecule has 0 aliphatic carbocycles. The van der Waals surface area contributed by atoms with Gasteiger partial charge in [-0.1, -0.05) is 18.2 Å². The number of nitrogens with zero attached hydrogens (tertiary/aromatic N) is 2. The maximum atomic E-state index is 9.42. The maximum absolute atomic E-state index is 9.42. The molecule has 26 heavy (non-hydrogen) atoms. The second-order valence-electron chi connectivity index (χ2n) is 6.03. The van der Waals surface area contributed by atoms with E-state index in [1.165, 1.54) is 6.33 Å². The molecule has 0 radical (unpaired) electrons. The van der Waals surface area contributed by atoms with Gasteiger partial charge in [0.05, 0.1) is 19.6 Å². The molecule has 0 saturated carbocycles. The zero-order valence-corrected chi connectivity index (χ0v) is 14.0. The van der Waals surface area contributed by atoms with E-state index in [0.717, 1.165) is 11.3 Å². The molecule has 1 aromatic heterocycles. The molecule has 7 heteroatoms. The van der Waals surface area contributed by atoms with Crippen LogP contribution in [0.3, 0.4) is 0 Å². The highest BCUT2D eigenvalue weighted by Gasteiger charge is 2.44. The first-order chi connectivity index (χ1) is 12.8. The SMILES string of the molecule is OCC1COC(Cc2ncn[nH]2)(c2ccc(Oc3ccccc3)cc2)O1. The minimum atomic E-state index is -1.02. The van der Waals surface area contributed by atoms with Gasteiger partial charge in [0.1, 0.15) is 29.8 Å². The van der Waals surface area contributed by atoms with Gasteiger partial charge in [-0.05, 0) is 36.4 Å². The van der Waals surface area contributed by atoms with Crippen LogP contribution in [-0.2, 0) is 21.7 Å². The van der Waals surface area contributed by atoms with Crippen molar-refractivity contribution in [2.75, 3.05) is 13.2 Å². The fourth-order valence-corrected chi connectivity index (χ4v) is 2.94. The minimum Gasteiger partial charge on any atom is -0.457 e. The number of para-hydroxylation sites is 1. The van der Waals surface area contributed by atoms with Crippen molar-refractivity contribution >= 4 is 0 Å². The Morgan fingerprint density at radius 1 is 1.12 bits per heavy atom. The number of rotatable bonds is 6. The fourth-order valence-electron chi connectivity index (χ4n) is 2.94. The highest BCUT2D eigenvalue weighted by atomic mass is 16.7. The van der Waals surface area contributed by atoms with E-state index in [4.69, 9.17) is 14.2 Å². The number of aliphatic hydroxyl groups is 1. The summed E-state index contributed by atoms with van der Waals surface area (Å²) >= 11 is 0. The number of nitrogens with one attached hydrogen (secondary N) is 1. The van der Waals surface area contributed by atoms with Crippen molar-refractivity contribution in [1.29, 1.82) is 0 Å². The number of aliphatic hydroxyl groups excluding tert-OH is 1. The number of aromatic amines is 1. The molecule has 2 N–H and O–H groups in total. The number of H-pyrrole nitrogens is 1. The lowest BCUT2D eigenvalue weighted by Crippen LogP contribution is -2.32. The van der Waals surface area contributed by atoms with Crippen molar-refractivity contribution in [3.63, 3.8) is 0 Å². The van der Waals surface area contributed by atoms with Crippen molar-refractivity contribution in [3.05, 3.63) is 72.3 Å². The van der Waals surface area contributed by atoms with Crippen LogP contribution in [0.25, 0.3) is 0 Å². The molecule has 3 aromatic rings. The molecule has 1 aliphatic heterocycles. The van der Waals surface area contributed by atoms with Gasteiger partial charge in [0.2, 0.25) is 5.79 Å². The summed E-state index contributed by atoms with van der Waals surface area (Å²) in [5.41, 5.74) is 0.824. The first kappa shape index (κ1) is 16.7. The summed E-state index contributed by atoms with van der Waals surface area (Å²) < 4.78 is 17.8. The first-order valence-corrected chi connectivity index (χ1v) is 8.38. The molecule has 0 spiro atoms. The van der Waals surface area contributed by atoms with Crippen molar-refractivity contribution in [2.45, 2.75) is 18.3 Å². The molecule has 4 rings (SSSR count). The van der Waals surface area contributed by atoms with E-state index in [9.17, 15) is 5.11 Å². The Hall–Kier alpha value is -2.74. The molecule has 0 bridgehead atoms. The Balaban J connectivity index is 1.57. The monoisotopic (exact) mass is 353 g/mol. The lowest BCUT2D eigenvalue weighted by atomic mass is 10.0. The molecule has 2 heterocycles. The van der Waals surface area contributed by atoms with Crippen molar-refractivity contribution in [1.82, 2.24) is 15.2 Å². The lowest BCUT2D eigenvalue weighted by Gasteiger charge is -2.27. The summed E-state index contributed by atoms with van der Waals surface area (Å²) in [6, 6.07) is 17.1. The highest BCUT2D eigenvalue weighted by Crippen LogP contribution is 2.37. The van der Waals surface area contributed by atoms with Crippen LogP contribution < -0.4 is 4.74 Å². The number of hydrogen-bond donors (Lipinski definition) is 2. The largest absolute Gasteiger partial charge is 0.457 e. The van der Waals surface area contributed by atoms with Crippen LogP contribution in [0, 0.1) is 0 Å². The van der Waals surface area contributed by atoms with Gasteiger partial charge in [0, 0.05) is 5.56 Å². The molecule has 1 fully saturated rings. The van der Waals surface area contributed by atoms with Crippen LogP contribution in [0.15, 0.2) is 60.9 Å². The zero-order chi connectivity index (χ0) is 17.8. The molecular formula is C19H19N3O4. The topological polar surface area (TPSA) is 89.5 Å². The molecule has 0 amide bonds. The predicted octanol–water partition coefficient (Wildman–Crippen LogP) is 2.40. The van der Waals surface area contributed by atoms with Crippen molar-refractivity contribution in [3.8, 4) is 11.5 Å². The van der Waals surface area contributed by atoms with Crippen LogP contribution in [0.2, 0.25) is 0 Å². The molecule has 1 aliphatic rings. The standard InChI is InChI=1S/C19H19N3O4/c23-11-17-12-24-19(26-17,10-18-20-13-21-22-18)14-6-8-16(9-7-14)25-15-4-2-1-3-5-15/h1-9,13,17,23H,10-12H2,(H,20,21,22). The van der Waals surface area contributed by atoms with E-state index in [-0.39, 0.29) is 12.7 Å². The van der Waals surface area contributed by atoms with Gasteiger partial charge in [0.15, 0.2) is 0 Å². The van der Waals surface area contributed by atoms with E-state index < -0.39 is 5.79 Å². The Kier molecular flexibility index (Phi) is 4.66. The Morgan fingerprint density at radius 2 is 1.88 bits per heavy atom. The predicted molar refractivity (Wildman–Crippen MR) is 92.6 cm³/mol. The summed E-state index contributed by atoms with van der Waals surface area (Å²) in [6.45, 7) is 0.209. The number of ether oxygens (including phenoxy) is 3. The van der Waals surface area contributed by atoms with Gasteiger partial charge in [-0.25, -0.2) is 4.98 Å². The van der Waals surface area contributed by atoms with Gasteiger partial charge in [-0.3, -0.25) is 5.10 Å². The van der Waals surface area contributed by atoms with E-state index in [0.29, 0.717) is 24.6 Å². The van der Waals surface area contributed by atoms with Gasteiger partial charge < -0.3 is 19.3 Å². The minimum absolute atomic E-state index is 0.104. The quantitative estimate of drug-likeness (QED) is 0.707. The third kappa shape index (κ3) is 3.45. The van der Waals surface area contributed by atoms with E-state index >= 15 is 0 Å². The Bertz CT molecular complexity index is 824. The third-order valence-electron chi connectivity index (χ3n) is 4.20. The van der Waals surface area contributed by atoms with Crippen molar-refractivity contribution in [2.24, 2.45) is 0 Å². The Morgan fingerprint density at radius 3 is 2.54 bits per heavy atom. The molecule has 134 valence electrons. The van der Waals surface area contributed by atoms with Crippen LogP contribution in [-0.4, -0.2) is 39.6 Å². The summed E-state index contributed by atoms with van der Waals surface area (Å²) in [6.07, 6.45) is 1.43. The van der Waals surface area contributed by atoms with E-state index in [1.54, 1.807) is 0 Å². The van der Waals surface area contributed by atoms with Gasteiger partial charge in [0.25, 0.3) is 0 Å².